The van der Waals surface area contributed by atoms with Gasteiger partial charge in [-0.25, -0.2) is 4.79 Å². The molecule has 0 unspecified atom stereocenters. The molecule has 1 aromatic carbocycles. The van der Waals surface area contributed by atoms with Crippen LogP contribution in [0.2, 0.25) is 0 Å². The lowest BCUT2D eigenvalue weighted by atomic mass is 10.1. The van der Waals surface area contributed by atoms with Crippen LogP contribution in [0, 0.1) is 0 Å². The van der Waals surface area contributed by atoms with Crippen LogP contribution in [0.5, 0.6) is 0 Å². The van der Waals surface area contributed by atoms with E-state index in [-0.39, 0.29) is 17.9 Å². The molecule has 0 saturated carbocycles. The van der Waals surface area contributed by atoms with E-state index < -0.39 is 0 Å². The fourth-order valence-electron chi connectivity index (χ4n) is 1.92. The monoisotopic (exact) mass is 283 g/mol. The van der Waals surface area contributed by atoms with E-state index in [1.165, 1.54) is 6.92 Å². The molecule has 0 spiro atoms. The third-order valence-corrected chi connectivity index (χ3v) is 3.08. The smallest absolute Gasteiger partial charge is 0.319 e. The maximum absolute atomic E-state index is 12.0. The van der Waals surface area contributed by atoms with Crippen molar-refractivity contribution in [1.29, 1.82) is 0 Å². The number of Topliss-reactive ketones (excluding diaryl/α,β-unsaturated/α-hetero) is 1. The van der Waals surface area contributed by atoms with Crippen molar-refractivity contribution in [3.05, 3.63) is 59.9 Å². The van der Waals surface area contributed by atoms with Crippen LogP contribution in [0.25, 0.3) is 0 Å². The summed E-state index contributed by atoms with van der Waals surface area (Å²) in [5.74, 6) is -0.0378. The van der Waals surface area contributed by atoms with Crippen molar-refractivity contribution >= 4 is 17.5 Å². The lowest BCUT2D eigenvalue weighted by Gasteiger charge is -2.15. The van der Waals surface area contributed by atoms with Gasteiger partial charge in [0, 0.05) is 23.6 Å². The molecule has 1 aromatic heterocycles. The highest BCUT2D eigenvalue weighted by Crippen LogP contribution is 2.13. The molecule has 0 aliphatic heterocycles. The normalized spacial score (nSPS) is 11.5. The number of aromatic nitrogens is 1. The third kappa shape index (κ3) is 4.14. The first-order chi connectivity index (χ1) is 10.1. The molecule has 1 atom stereocenters. The summed E-state index contributed by atoms with van der Waals surface area (Å²) in [6, 6.07) is 10.1. The number of ketones is 1. The van der Waals surface area contributed by atoms with Crippen molar-refractivity contribution < 1.29 is 9.59 Å². The highest BCUT2D eigenvalue weighted by molar-refractivity contribution is 5.96. The number of anilines is 1. The van der Waals surface area contributed by atoms with Crippen LogP contribution in [-0.4, -0.2) is 16.8 Å². The lowest BCUT2D eigenvalue weighted by molar-refractivity contribution is 0.101. The molecule has 0 radical (unpaired) electrons. The summed E-state index contributed by atoms with van der Waals surface area (Å²) < 4.78 is 0. The summed E-state index contributed by atoms with van der Waals surface area (Å²) >= 11 is 0. The average Bonchev–Trinajstić information content (AvgIpc) is 2.48. The van der Waals surface area contributed by atoms with E-state index in [2.05, 4.69) is 15.6 Å². The van der Waals surface area contributed by atoms with E-state index in [1.807, 2.05) is 19.1 Å². The molecule has 2 aromatic rings. The number of carbonyl (C=O) groups is 2. The summed E-state index contributed by atoms with van der Waals surface area (Å²) in [5.41, 5.74) is 2.12. The van der Waals surface area contributed by atoms with Crippen LogP contribution in [0.1, 0.15) is 35.8 Å². The number of carbonyl (C=O) groups excluding carboxylic acids is 2. The Balaban J connectivity index is 1.99. The number of rotatable bonds is 4. The summed E-state index contributed by atoms with van der Waals surface area (Å²) in [6.07, 6.45) is 3.36. The maximum Gasteiger partial charge on any atom is 0.319 e. The van der Waals surface area contributed by atoms with Gasteiger partial charge in [0.15, 0.2) is 5.78 Å². The Bertz CT molecular complexity index is 641. The molecule has 2 rings (SSSR count). The van der Waals surface area contributed by atoms with Crippen LogP contribution in [-0.2, 0) is 0 Å². The molecule has 1 heterocycles. The van der Waals surface area contributed by atoms with Crippen molar-refractivity contribution in [3.63, 3.8) is 0 Å². The number of benzene rings is 1. The van der Waals surface area contributed by atoms with E-state index in [4.69, 9.17) is 0 Å². The highest BCUT2D eigenvalue weighted by atomic mass is 16.2. The maximum atomic E-state index is 12.0. The van der Waals surface area contributed by atoms with Crippen molar-refractivity contribution in [2.45, 2.75) is 19.9 Å². The number of nitrogens with one attached hydrogen (secondary N) is 2. The van der Waals surface area contributed by atoms with Gasteiger partial charge in [-0.2, -0.15) is 0 Å². The zero-order valence-corrected chi connectivity index (χ0v) is 12.0. The Morgan fingerprint density at radius 3 is 2.52 bits per heavy atom. The molecule has 2 amide bonds. The van der Waals surface area contributed by atoms with Crippen LogP contribution in [0.15, 0.2) is 48.8 Å². The van der Waals surface area contributed by atoms with Gasteiger partial charge in [-0.15, -0.1) is 0 Å². The van der Waals surface area contributed by atoms with Crippen molar-refractivity contribution in [3.8, 4) is 0 Å². The Hall–Kier alpha value is -2.69. The minimum Gasteiger partial charge on any atom is -0.331 e. The van der Waals surface area contributed by atoms with Gasteiger partial charge in [-0.3, -0.25) is 9.78 Å². The van der Waals surface area contributed by atoms with E-state index in [1.54, 1.807) is 36.7 Å². The van der Waals surface area contributed by atoms with Crippen molar-refractivity contribution in [1.82, 2.24) is 10.3 Å². The molecule has 21 heavy (non-hydrogen) atoms. The van der Waals surface area contributed by atoms with Gasteiger partial charge in [0.2, 0.25) is 0 Å². The molecule has 0 fully saturated rings. The largest absolute Gasteiger partial charge is 0.331 e. The number of nitrogens with zero attached hydrogens (tertiary/aromatic N) is 1. The SMILES string of the molecule is CC(=O)c1cccc(NC(=O)N[C@@H](C)c2ccncc2)c1. The Morgan fingerprint density at radius 1 is 1.14 bits per heavy atom. The molecule has 0 aliphatic rings. The van der Waals surface area contributed by atoms with Gasteiger partial charge >= 0.3 is 6.03 Å². The van der Waals surface area contributed by atoms with Crippen molar-refractivity contribution in [2.24, 2.45) is 0 Å². The summed E-state index contributed by atoms with van der Waals surface area (Å²) in [7, 11) is 0. The van der Waals surface area contributed by atoms with Gasteiger partial charge in [-0.1, -0.05) is 12.1 Å². The Labute approximate surface area is 123 Å². The topological polar surface area (TPSA) is 71.1 Å². The average molecular weight is 283 g/mol. The van der Waals surface area contributed by atoms with E-state index in [0.717, 1.165) is 5.56 Å². The first kappa shape index (κ1) is 14.7. The molecule has 0 aliphatic carbocycles. The Morgan fingerprint density at radius 2 is 1.86 bits per heavy atom. The van der Waals surface area contributed by atoms with E-state index >= 15 is 0 Å². The predicted octanol–water partition coefficient (Wildman–Crippen LogP) is 3.17. The molecule has 0 saturated heterocycles. The molecular formula is C16H17N3O2. The van der Waals surface area contributed by atoms with E-state index in [0.29, 0.717) is 11.3 Å². The third-order valence-electron chi connectivity index (χ3n) is 3.08. The number of hydrogen-bond acceptors (Lipinski definition) is 3. The lowest BCUT2D eigenvalue weighted by Crippen LogP contribution is -2.31. The minimum absolute atomic E-state index is 0.0378. The van der Waals surface area contributed by atoms with E-state index in [9.17, 15) is 9.59 Å². The molecule has 5 heteroatoms. The zero-order chi connectivity index (χ0) is 15.2. The standard InChI is InChI=1S/C16H17N3O2/c1-11(13-6-8-17-9-7-13)18-16(21)19-15-5-3-4-14(10-15)12(2)20/h3-11H,1-2H3,(H2,18,19,21)/t11-/m0/s1. The first-order valence-electron chi connectivity index (χ1n) is 6.64. The highest BCUT2D eigenvalue weighted by Gasteiger charge is 2.09. The van der Waals surface area contributed by atoms with Crippen LogP contribution in [0.3, 0.4) is 0 Å². The van der Waals surface area contributed by atoms with Crippen molar-refractivity contribution in [2.75, 3.05) is 5.32 Å². The second-order valence-corrected chi connectivity index (χ2v) is 4.74. The van der Waals surface area contributed by atoms with Gasteiger partial charge in [-0.05, 0) is 43.7 Å². The van der Waals surface area contributed by atoms with Gasteiger partial charge in [0.1, 0.15) is 0 Å². The molecule has 108 valence electrons. The van der Waals surface area contributed by atoms with Crippen LogP contribution in [0.4, 0.5) is 10.5 Å². The Kier molecular flexibility index (Phi) is 4.66. The molecule has 0 bridgehead atoms. The number of pyridine rings is 1. The number of urea groups is 1. The second kappa shape index (κ2) is 6.65. The molecule has 5 nitrogen and oxygen atoms in total. The summed E-state index contributed by atoms with van der Waals surface area (Å²) in [5, 5.41) is 5.55. The fraction of sp³-hybridized carbons (Fsp3) is 0.188. The summed E-state index contributed by atoms with van der Waals surface area (Å²) in [6.45, 7) is 3.38. The van der Waals surface area contributed by atoms with Crippen LogP contribution >= 0.6 is 0 Å². The predicted molar refractivity (Wildman–Crippen MR) is 81.3 cm³/mol. The summed E-state index contributed by atoms with van der Waals surface area (Å²) in [4.78, 5) is 27.2. The number of amides is 2. The van der Waals surface area contributed by atoms with Gasteiger partial charge in [0.25, 0.3) is 0 Å². The van der Waals surface area contributed by atoms with Gasteiger partial charge in [0.05, 0.1) is 6.04 Å². The molecular weight excluding hydrogens is 266 g/mol. The van der Waals surface area contributed by atoms with Gasteiger partial charge < -0.3 is 10.6 Å². The quantitative estimate of drug-likeness (QED) is 0.847. The fourth-order valence-corrected chi connectivity index (χ4v) is 1.92. The molecule has 2 N–H and O–H groups in total. The van der Waals surface area contributed by atoms with Crippen LogP contribution < -0.4 is 10.6 Å². The minimum atomic E-state index is -0.319. The first-order valence-corrected chi connectivity index (χ1v) is 6.64. The number of hydrogen-bond donors (Lipinski definition) is 2. The second-order valence-electron chi connectivity index (χ2n) is 4.74. The zero-order valence-electron chi connectivity index (χ0n) is 12.0.